The van der Waals surface area contributed by atoms with Gasteiger partial charge in [0.1, 0.15) is 5.82 Å². The Labute approximate surface area is 150 Å². The number of aromatic nitrogens is 2. The highest BCUT2D eigenvalue weighted by Gasteiger charge is 2.33. The number of hydrogen-bond acceptors (Lipinski definition) is 4. The lowest BCUT2D eigenvalue weighted by molar-refractivity contribution is 0.0839. The number of nitrogens with zero attached hydrogens (tertiary/aromatic N) is 3. The fourth-order valence-electron chi connectivity index (χ4n) is 3.38. The predicted molar refractivity (Wildman–Crippen MR) is 99.8 cm³/mol. The van der Waals surface area contributed by atoms with Gasteiger partial charge in [-0.25, -0.2) is 4.79 Å². The summed E-state index contributed by atoms with van der Waals surface area (Å²) in [6, 6.07) is 14.8. The lowest BCUT2D eigenvalue weighted by Crippen LogP contribution is -2.32. The van der Waals surface area contributed by atoms with Crippen LogP contribution in [0, 0.1) is 0 Å². The lowest BCUT2D eigenvalue weighted by Gasteiger charge is -2.22. The van der Waals surface area contributed by atoms with Crippen molar-refractivity contribution in [3.05, 3.63) is 64.0 Å². The van der Waals surface area contributed by atoms with Crippen molar-refractivity contribution in [2.24, 2.45) is 0 Å². The van der Waals surface area contributed by atoms with Gasteiger partial charge in [-0.1, -0.05) is 29.8 Å². The number of fused-ring (bicyclic) bond motifs is 1. The smallest absolute Gasteiger partial charge is 0.354 e. The Hall–Kier alpha value is -2.37. The van der Waals surface area contributed by atoms with Gasteiger partial charge in [0.05, 0.1) is 16.8 Å². The van der Waals surface area contributed by atoms with Crippen LogP contribution in [0.15, 0.2) is 53.3 Å². The first kappa shape index (κ1) is 16.1. The van der Waals surface area contributed by atoms with Crippen LogP contribution < -0.4 is 10.6 Å². The number of rotatable bonds is 2. The molecule has 128 valence electrons. The maximum absolute atomic E-state index is 12.8. The van der Waals surface area contributed by atoms with E-state index in [4.69, 9.17) is 11.6 Å². The molecule has 0 saturated carbocycles. The van der Waals surface area contributed by atoms with Gasteiger partial charge in [0.15, 0.2) is 0 Å². The summed E-state index contributed by atoms with van der Waals surface area (Å²) in [5, 5.41) is 11.7. The second-order valence-electron chi connectivity index (χ2n) is 6.72. The predicted octanol–water partition coefficient (Wildman–Crippen LogP) is 3.00. The molecule has 1 fully saturated rings. The SMILES string of the molecule is C[C@@]1(O)CCN(c2nc(=O)n(-c3ccccc3)c3cc(Cl)ccc23)C1. The van der Waals surface area contributed by atoms with Crippen LogP contribution in [0.4, 0.5) is 5.82 Å². The molecule has 1 atom stereocenters. The normalized spacial score (nSPS) is 20.4. The first-order valence-electron chi connectivity index (χ1n) is 8.20. The maximum atomic E-state index is 12.8. The van der Waals surface area contributed by atoms with E-state index in [0.29, 0.717) is 35.9 Å². The largest absolute Gasteiger partial charge is 0.388 e. The number of hydrogen-bond donors (Lipinski definition) is 1. The molecule has 4 rings (SSSR count). The van der Waals surface area contributed by atoms with E-state index < -0.39 is 5.60 Å². The molecule has 6 heteroatoms. The number of aliphatic hydroxyl groups is 1. The monoisotopic (exact) mass is 355 g/mol. The molecular formula is C19H18ClN3O2. The molecule has 3 aromatic rings. The fraction of sp³-hybridized carbons (Fsp3) is 0.263. The van der Waals surface area contributed by atoms with Gasteiger partial charge in [0.2, 0.25) is 0 Å². The molecule has 0 bridgehead atoms. The van der Waals surface area contributed by atoms with E-state index >= 15 is 0 Å². The Morgan fingerprint density at radius 2 is 1.96 bits per heavy atom. The summed E-state index contributed by atoms with van der Waals surface area (Å²) in [5.74, 6) is 0.599. The lowest BCUT2D eigenvalue weighted by atomic mass is 10.1. The van der Waals surface area contributed by atoms with Crippen molar-refractivity contribution < 1.29 is 5.11 Å². The van der Waals surface area contributed by atoms with Crippen molar-refractivity contribution in [3.63, 3.8) is 0 Å². The van der Waals surface area contributed by atoms with E-state index in [0.717, 1.165) is 11.1 Å². The summed E-state index contributed by atoms with van der Waals surface area (Å²) in [5.41, 5.74) is 0.323. The summed E-state index contributed by atoms with van der Waals surface area (Å²) in [6.45, 7) is 2.91. The first-order valence-corrected chi connectivity index (χ1v) is 8.57. The highest BCUT2D eigenvalue weighted by Crippen LogP contribution is 2.31. The molecule has 1 N–H and O–H groups in total. The van der Waals surface area contributed by atoms with Gasteiger partial charge in [-0.15, -0.1) is 0 Å². The average molecular weight is 356 g/mol. The highest BCUT2D eigenvalue weighted by atomic mass is 35.5. The third-order valence-corrected chi connectivity index (χ3v) is 4.84. The quantitative estimate of drug-likeness (QED) is 0.767. The van der Waals surface area contributed by atoms with Crippen LogP contribution in [0.5, 0.6) is 0 Å². The molecule has 1 saturated heterocycles. The van der Waals surface area contributed by atoms with Gasteiger partial charge in [-0.05, 0) is 43.7 Å². The Morgan fingerprint density at radius 3 is 2.64 bits per heavy atom. The molecule has 0 radical (unpaired) electrons. The van der Waals surface area contributed by atoms with Crippen LogP contribution in [0.1, 0.15) is 13.3 Å². The average Bonchev–Trinajstić information content (AvgIpc) is 2.94. The molecule has 5 nitrogen and oxygen atoms in total. The van der Waals surface area contributed by atoms with Crippen LogP contribution in [-0.2, 0) is 0 Å². The van der Waals surface area contributed by atoms with Gasteiger partial charge in [0, 0.05) is 23.5 Å². The fourth-order valence-corrected chi connectivity index (χ4v) is 3.54. The number of benzene rings is 2. The summed E-state index contributed by atoms with van der Waals surface area (Å²) < 4.78 is 1.57. The Bertz CT molecular complexity index is 999. The molecule has 25 heavy (non-hydrogen) atoms. The Balaban J connectivity index is 1.98. The minimum Gasteiger partial charge on any atom is -0.388 e. The van der Waals surface area contributed by atoms with Crippen LogP contribution >= 0.6 is 11.6 Å². The molecule has 2 heterocycles. The second-order valence-corrected chi connectivity index (χ2v) is 7.16. The zero-order chi connectivity index (χ0) is 17.6. The Kier molecular flexibility index (Phi) is 3.78. The molecule has 0 amide bonds. The van der Waals surface area contributed by atoms with Crippen molar-refractivity contribution in [2.45, 2.75) is 18.9 Å². The summed E-state index contributed by atoms with van der Waals surface area (Å²) >= 11 is 6.20. The number of halogens is 1. The van der Waals surface area contributed by atoms with Gasteiger partial charge < -0.3 is 10.0 Å². The van der Waals surface area contributed by atoms with Crippen LogP contribution in [0.3, 0.4) is 0 Å². The number of anilines is 1. The molecule has 0 spiro atoms. The van der Waals surface area contributed by atoms with Crippen molar-refractivity contribution >= 4 is 28.3 Å². The molecule has 0 aliphatic carbocycles. The summed E-state index contributed by atoms with van der Waals surface area (Å²) in [7, 11) is 0. The summed E-state index contributed by atoms with van der Waals surface area (Å²) in [4.78, 5) is 19.1. The maximum Gasteiger partial charge on any atom is 0.354 e. The van der Waals surface area contributed by atoms with Crippen LogP contribution in [-0.4, -0.2) is 33.3 Å². The van der Waals surface area contributed by atoms with Gasteiger partial charge in [0.25, 0.3) is 0 Å². The molecule has 1 aromatic heterocycles. The van der Waals surface area contributed by atoms with E-state index in [1.165, 1.54) is 0 Å². The van der Waals surface area contributed by atoms with Crippen molar-refractivity contribution in [1.82, 2.24) is 9.55 Å². The third kappa shape index (κ3) is 2.90. The zero-order valence-electron chi connectivity index (χ0n) is 13.8. The highest BCUT2D eigenvalue weighted by molar-refractivity contribution is 6.31. The van der Waals surface area contributed by atoms with Gasteiger partial charge in [-0.3, -0.25) is 4.57 Å². The van der Waals surface area contributed by atoms with Crippen LogP contribution in [0.25, 0.3) is 16.6 Å². The Morgan fingerprint density at radius 1 is 1.20 bits per heavy atom. The van der Waals surface area contributed by atoms with Crippen molar-refractivity contribution in [2.75, 3.05) is 18.0 Å². The molecule has 1 aliphatic heterocycles. The van der Waals surface area contributed by atoms with Crippen LogP contribution in [0.2, 0.25) is 5.02 Å². The van der Waals surface area contributed by atoms with E-state index in [2.05, 4.69) is 4.98 Å². The van der Waals surface area contributed by atoms with Gasteiger partial charge >= 0.3 is 5.69 Å². The number of para-hydroxylation sites is 1. The minimum atomic E-state index is -0.769. The van der Waals surface area contributed by atoms with E-state index in [9.17, 15) is 9.90 Å². The van der Waals surface area contributed by atoms with E-state index in [1.807, 2.05) is 41.3 Å². The topological polar surface area (TPSA) is 58.4 Å². The molecule has 2 aromatic carbocycles. The molecule has 1 aliphatic rings. The van der Waals surface area contributed by atoms with E-state index in [-0.39, 0.29) is 5.69 Å². The second kappa shape index (κ2) is 5.86. The minimum absolute atomic E-state index is 0.359. The van der Waals surface area contributed by atoms with E-state index in [1.54, 1.807) is 23.6 Å². The third-order valence-electron chi connectivity index (χ3n) is 4.60. The standard InChI is InChI=1S/C19H18ClN3O2/c1-19(25)9-10-22(12-19)17-15-8-7-13(20)11-16(15)23(18(24)21-17)14-5-3-2-4-6-14/h2-8,11,25H,9-10,12H2,1H3/t19-/m1/s1. The van der Waals surface area contributed by atoms with Crippen molar-refractivity contribution in [3.8, 4) is 5.69 Å². The molecule has 0 unspecified atom stereocenters. The number of β-amino-alcohol motifs (C(OH)–C–C–N with tert-alkyl or cyclic N) is 1. The zero-order valence-corrected chi connectivity index (χ0v) is 14.6. The van der Waals surface area contributed by atoms with Crippen molar-refractivity contribution in [1.29, 1.82) is 0 Å². The summed E-state index contributed by atoms with van der Waals surface area (Å²) in [6.07, 6.45) is 0.644. The van der Waals surface area contributed by atoms with Gasteiger partial charge in [-0.2, -0.15) is 4.98 Å². The first-order chi connectivity index (χ1) is 11.9. The molecular weight excluding hydrogens is 338 g/mol.